The van der Waals surface area contributed by atoms with E-state index in [1.165, 1.54) is 12.8 Å². The molecule has 1 aromatic carbocycles. The number of nitrogens with two attached hydrogens (primary N) is 1. The van der Waals surface area contributed by atoms with Crippen LogP contribution in [0, 0.1) is 5.92 Å². The molecule has 3 N–H and O–H groups in total. The van der Waals surface area contributed by atoms with Crippen LogP contribution in [0.4, 0.5) is 0 Å². The minimum Gasteiger partial charge on any atom is -0.392 e. The van der Waals surface area contributed by atoms with E-state index in [1.807, 2.05) is 24.3 Å². The van der Waals surface area contributed by atoms with Gasteiger partial charge in [-0.25, -0.2) is 0 Å². The summed E-state index contributed by atoms with van der Waals surface area (Å²) in [5.74, 6) is 0.759. The fourth-order valence-corrected chi connectivity index (χ4v) is 2.21. The van der Waals surface area contributed by atoms with E-state index < -0.39 is 0 Å². The summed E-state index contributed by atoms with van der Waals surface area (Å²) in [6.07, 6.45) is 3.08. The lowest BCUT2D eigenvalue weighted by Gasteiger charge is -2.21. The highest BCUT2D eigenvalue weighted by molar-refractivity contribution is 6.30. The quantitative estimate of drug-likeness (QED) is 0.830. The van der Waals surface area contributed by atoms with E-state index in [0.717, 1.165) is 22.9 Å². The number of aliphatic hydroxyl groups is 1. The van der Waals surface area contributed by atoms with Crippen LogP contribution in [0.25, 0.3) is 0 Å². The minimum absolute atomic E-state index is 0.0397. The second-order valence-electron chi connectivity index (χ2n) is 4.64. The Morgan fingerprint density at radius 3 is 2.44 bits per heavy atom. The third kappa shape index (κ3) is 2.97. The molecule has 0 aliphatic heterocycles. The van der Waals surface area contributed by atoms with Gasteiger partial charge in [-0.3, -0.25) is 0 Å². The number of aliphatic hydroxyl groups excluding tert-OH is 1. The number of halogens is 1. The normalized spacial score (nSPS) is 19.4. The molecule has 3 heteroatoms. The van der Waals surface area contributed by atoms with Gasteiger partial charge in [-0.15, -0.1) is 0 Å². The van der Waals surface area contributed by atoms with E-state index in [0.29, 0.717) is 6.54 Å². The Balaban J connectivity index is 2.04. The molecule has 0 amide bonds. The Morgan fingerprint density at radius 2 is 1.94 bits per heavy atom. The summed E-state index contributed by atoms with van der Waals surface area (Å²) >= 11 is 5.84. The molecule has 1 saturated carbocycles. The summed E-state index contributed by atoms with van der Waals surface area (Å²) in [5.41, 5.74) is 6.83. The van der Waals surface area contributed by atoms with Crippen molar-refractivity contribution in [2.24, 2.45) is 11.7 Å². The second kappa shape index (κ2) is 5.17. The summed E-state index contributed by atoms with van der Waals surface area (Å²) in [4.78, 5) is 0. The van der Waals surface area contributed by atoms with Gasteiger partial charge in [0.2, 0.25) is 0 Å². The molecule has 1 fully saturated rings. The van der Waals surface area contributed by atoms with E-state index >= 15 is 0 Å². The van der Waals surface area contributed by atoms with E-state index in [-0.39, 0.29) is 12.0 Å². The maximum Gasteiger partial charge on any atom is 0.0623 e. The van der Waals surface area contributed by atoms with Gasteiger partial charge in [0.1, 0.15) is 0 Å². The summed E-state index contributed by atoms with van der Waals surface area (Å²) in [7, 11) is 0. The fourth-order valence-electron chi connectivity index (χ4n) is 2.08. The molecule has 2 nitrogen and oxygen atoms in total. The molecular weight excluding hydrogens is 222 g/mol. The standard InChI is InChI=1S/C13H18ClNO/c14-11-5-3-10(4-6-11)12(8-15)13(16)7-9-1-2-9/h3-6,9,12-13,16H,1-2,7-8,15H2. The predicted molar refractivity (Wildman–Crippen MR) is 66.6 cm³/mol. The monoisotopic (exact) mass is 239 g/mol. The number of hydrogen-bond donors (Lipinski definition) is 2. The zero-order valence-corrected chi connectivity index (χ0v) is 10.0. The van der Waals surface area contributed by atoms with E-state index in [1.54, 1.807) is 0 Å². The van der Waals surface area contributed by atoms with E-state index in [4.69, 9.17) is 17.3 Å². The zero-order chi connectivity index (χ0) is 11.5. The molecule has 0 aromatic heterocycles. The van der Waals surface area contributed by atoms with Gasteiger partial charge in [0.15, 0.2) is 0 Å². The molecule has 16 heavy (non-hydrogen) atoms. The topological polar surface area (TPSA) is 46.2 Å². The minimum atomic E-state index is -0.321. The van der Waals surface area contributed by atoms with Gasteiger partial charge in [0.05, 0.1) is 6.10 Å². The second-order valence-corrected chi connectivity index (χ2v) is 5.08. The lowest BCUT2D eigenvalue weighted by molar-refractivity contribution is 0.129. The highest BCUT2D eigenvalue weighted by Gasteiger charge is 2.28. The van der Waals surface area contributed by atoms with Crippen LogP contribution >= 0.6 is 11.6 Å². The largest absolute Gasteiger partial charge is 0.392 e. The first-order valence-electron chi connectivity index (χ1n) is 5.84. The SMILES string of the molecule is NCC(c1ccc(Cl)cc1)C(O)CC1CC1. The molecule has 0 spiro atoms. The summed E-state index contributed by atoms with van der Waals surface area (Å²) in [6.45, 7) is 0.482. The number of rotatable bonds is 5. The van der Waals surface area contributed by atoms with Crippen LogP contribution in [-0.2, 0) is 0 Å². The predicted octanol–water partition coefficient (Wildman–Crippen LogP) is 2.54. The van der Waals surface area contributed by atoms with Gasteiger partial charge >= 0.3 is 0 Å². The molecule has 88 valence electrons. The van der Waals surface area contributed by atoms with Gasteiger partial charge in [-0.2, -0.15) is 0 Å². The lowest BCUT2D eigenvalue weighted by Crippen LogP contribution is -2.26. The van der Waals surface area contributed by atoms with Crippen LogP contribution < -0.4 is 5.73 Å². The lowest BCUT2D eigenvalue weighted by atomic mass is 9.90. The Kier molecular flexibility index (Phi) is 3.85. The van der Waals surface area contributed by atoms with Gasteiger partial charge < -0.3 is 10.8 Å². The van der Waals surface area contributed by atoms with Gasteiger partial charge in [-0.05, 0) is 30.0 Å². The molecule has 2 rings (SSSR count). The molecule has 2 atom stereocenters. The van der Waals surface area contributed by atoms with E-state index in [9.17, 15) is 5.11 Å². The maximum atomic E-state index is 10.1. The van der Waals surface area contributed by atoms with Crippen LogP contribution in [0.5, 0.6) is 0 Å². The first kappa shape index (κ1) is 11.9. The van der Waals surface area contributed by atoms with Crippen molar-refractivity contribution in [3.05, 3.63) is 34.9 Å². The van der Waals surface area contributed by atoms with Crippen molar-refractivity contribution in [1.29, 1.82) is 0 Å². The van der Waals surface area contributed by atoms with Crippen LogP contribution in [0.15, 0.2) is 24.3 Å². The van der Waals surface area contributed by atoms with Crippen molar-refractivity contribution in [3.63, 3.8) is 0 Å². The maximum absolute atomic E-state index is 10.1. The zero-order valence-electron chi connectivity index (χ0n) is 9.27. The third-order valence-corrected chi connectivity index (χ3v) is 3.54. The molecule has 0 radical (unpaired) electrons. The molecule has 2 unspecified atom stereocenters. The van der Waals surface area contributed by atoms with Gasteiger partial charge in [0.25, 0.3) is 0 Å². The summed E-state index contributed by atoms with van der Waals surface area (Å²) in [6, 6.07) is 7.61. The molecule has 0 bridgehead atoms. The van der Waals surface area contributed by atoms with Crippen LogP contribution in [-0.4, -0.2) is 17.8 Å². The first-order chi connectivity index (χ1) is 7.70. The van der Waals surface area contributed by atoms with Crippen molar-refractivity contribution >= 4 is 11.6 Å². The number of hydrogen-bond acceptors (Lipinski definition) is 2. The summed E-state index contributed by atoms with van der Waals surface area (Å²) < 4.78 is 0. The van der Waals surface area contributed by atoms with Crippen molar-refractivity contribution in [3.8, 4) is 0 Å². The van der Waals surface area contributed by atoms with Gasteiger partial charge in [-0.1, -0.05) is 36.6 Å². The van der Waals surface area contributed by atoms with Crippen molar-refractivity contribution in [2.75, 3.05) is 6.54 Å². The third-order valence-electron chi connectivity index (χ3n) is 3.29. The van der Waals surface area contributed by atoms with Crippen molar-refractivity contribution < 1.29 is 5.11 Å². The van der Waals surface area contributed by atoms with Crippen LogP contribution in [0.3, 0.4) is 0 Å². The Bertz CT molecular complexity index is 334. The van der Waals surface area contributed by atoms with Crippen molar-refractivity contribution in [2.45, 2.75) is 31.3 Å². The summed E-state index contributed by atoms with van der Waals surface area (Å²) in [5, 5.41) is 10.8. The Labute approximate surface area is 101 Å². The molecule has 1 aromatic rings. The highest BCUT2D eigenvalue weighted by Crippen LogP contribution is 2.36. The average Bonchev–Trinajstić information content (AvgIpc) is 3.06. The fraction of sp³-hybridized carbons (Fsp3) is 0.538. The Hall–Kier alpha value is -0.570. The van der Waals surface area contributed by atoms with Gasteiger partial charge in [0, 0.05) is 17.5 Å². The molecule has 1 aliphatic rings. The molecule has 1 aliphatic carbocycles. The van der Waals surface area contributed by atoms with Crippen LogP contribution in [0.1, 0.15) is 30.7 Å². The van der Waals surface area contributed by atoms with Crippen LogP contribution in [0.2, 0.25) is 5.02 Å². The Morgan fingerprint density at radius 1 is 1.31 bits per heavy atom. The molecule has 0 heterocycles. The average molecular weight is 240 g/mol. The number of benzene rings is 1. The van der Waals surface area contributed by atoms with Crippen molar-refractivity contribution in [1.82, 2.24) is 0 Å². The molecular formula is C13H18ClNO. The smallest absolute Gasteiger partial charge is 0.0623 e. The highest BCUT2D eigenvalue weighted by atomic mass is 35.5. The van der Waals surface area contributed by atoms with E-state index in [2.05, 4.69) is 0 Å². The first-order valence-corrected chi connectivity index (χ1v) is 6.22. The molecule has 0 saturated heterocycles.